The van der Waals surface area contributed by atoms with Crippen molar-refractivity contribution >= 4 is 0 Å². The van der Waals surface area contributed by atoms with Crippen LogP contribution in [0.4, 0.5) is 8.78 Å². The van der Waals surface area contributed by atoms with Crippen molar-refractivity contribution in [3.8, 4) is 0 Å². The van der Waals surface area contributed by atoms with Crippen LogP contribution in [0.15, 0.2) is 35.9 Å². The number of rotatable bonds is 5. The Hall–Kier alpha value is -1.12. The molecule has 4 aliphatic rings. The van der Waals surface area contributed by atoms with Crippen LogP contribution in [0.2, 0.25) is 0 Å². The van der Waals surface area contributed by atoms with Crippen molar-refractivity contribution in [2.24, 2.45) is 41.4 Å². The molecule has 0 aromatic heterocycles. The standard InChI is InChI=1S/C27H40F2O/c1-3-30-25-17-16-24(26(28)27(25)29)23-14-12-22(13-15-23)21-10-8-20(9-11-21)19-6-4-18(2)5-7-19/h12,14,16-24,26H,3-11,13,15H2,1-2H3. The minimum Gasteiger partial charge on any atom is -0.491 e. The van der Waals surface area contributed by atoms with Gasteiger partial charge >= 0.3 is 0 Å². The molecule has 0 aromatic carbocycles. The molecule has 4 rings (SSSR count). The van der Waals surface area contributed by atoms with Crippen LogP contribution in [0.3, 0.4) is 0 Å². The highest BCUT2D eigenvalue weighted by molar-refractivity contribution is 5.28. The zero-order valence-corrected chi connectivity index (χ0v) is 18.9. The molecule has 1 nitrogen and oxygen atoms in total. The topological polar surface area (TPSA) is 9.23 Å². The van der Waals surface area contributed by atoms with E-state index in [1.165, 1.54) is 51.4 Å². The quantitative estimate of drug-likeness (QED) is 0.412. The average molecular weight is 419 g/mol. The maximum atomic E-state index is 14.7. The first-order valence-corrected chi connectivity index (χ1v) is 12.6. The summed E-state index contributed by atoms with van der Waals surface area (Å²) >= 11 is 0. The molecule has 4 aliphatic carbocycles. The highest BCUT2D eigenvalue weighted by Crippen LogP contribution is 2.46. The highest BCUT2D eigenvalue weighted by Gasteiger charge is 2.37. The Morgan fingerprint density at radius 3 is 1.97 bits per heavy atom. The Morgan fingerprint density at radius 1 is 0.800 bits per heavy atom. The molecule has 0 spiro atoms. The lowest BCUT2D eigenvalue weighted by molar-refractivity contribution is 0.128. The summed E-state index contributed by atoms with van der Waals surface area (Å²) in [6.45, 7) is 4.56. The van der Waals surface area contributed by atoms with E-state index in [1.807, 2.05) is 6.08 Å². The van der Waals surface area contributed by atoms with Gasteiger partial charge in [0.1, 0.15) is 0 Å². The Labute approximate surface area is 182 Å². The molecule has 0 aromatic rings. The van der Waals surface area contributed by atoms with Crippen molar-refractivity contribution in [1.29, 1.82) is 0 Å². The summed E-state index contributed by atoms with van der Waals surface area (Å²) in [7, 11) is 0. The summed E-state index contributed by atoms with van der Waals surface area (Å²) in [5, 5.41) is 0. The molecule has 0 bridgehead atoms. The molecule has 2 fully saturated rings. The van der Waals surface area contributed by atoms with E-state index in [0.717, 1.165) is 36.5 Å². The van der Waals surface area contributed by atoms with E-state index in [1.54, 1.807) is 13.0 Å². The van der Waals surface area contributed by atoms with E-state index in [2.05, 4.69) is 19.1 Å². The lowest BCUT2D eigenvalue weighted by Gasteiger charge is -2.40. The smallest absolute Gasteiger partial charge is 0.176 e. The minimum absolute atomic E-state index is 0.0723. The predicted molar refractivity (Wildman–Crippen MR) is 119 cm³/mol. The van der Waals surface area contributed by atoms with Gasteiger partial charge in [-0.05, 0) is 99.9 Å². The first-order valence-electron chi connectivity index (χ1n) is 12.6. The van der Waals surface area contributed by atoms with Crippen LogP contribution in [0.25, 0.3) is 0 Å². The van der Waals surface area contributed by atoms with Gasteiger partial charge in [-0.1, -0.05) is 38.0 Å². The summed E-state index contributed by atoms with van der Waals surface area (Å²) in [6, 6.07) is 0. The van der Waals surface area contributed by atoms with Crippen molar-refractivity contribution in [3.63, 3.8) is 0 Å². The van der Waals surface area contributed by atoms with Gasteiger partial charge in [0.2, 0.25) is 0 Å². The maximum Gasteiger partial charge on any atom is 0.176 e. The number of hydrogen-bond acceptors (Lipinski definition) is 1. The number of hydrogen-bond donors (Lipinski definition) is 0. The monoisotopic (exact) mass is 418 g/mol. The van der Waals surface area contributed by atoms with Gasteiger partial charge in [-0.25, -0.2) is 8.78 Å². The molecule has 2 saturated carbocycles. The van der Waals surface area contributed by atoms with Crippen LogP contribution in [0.1, 0.15) is 78.1 Å². The third kappa shape index (κ3) is 4.86. The van der Waals surface area contributed by atoms with Crippen LogP contribution < -0.4 is 0 Å². The fourth-order valence-electron chi connectivity index (χ4n) is 6.69. The molecule has 3 heteroatoms. The Kier molecular flexibility index (Phi) is 7.36. The van der Waals surface area contributed by atoms with Gasteiger partial charge in [-0.15, -0.1) is 0 Å². The largest absolute Gasteiger partial charge is 0.491 e. The molecule has 0 aliphatic heterocycles. The lowest BCUT2D eigenvalue weighted by Crippen LogP contribution is -2.31. The highest BCUT2D eigenvalue weighted by atomic mass is 19.2. The summed E-state index contributed by atoms with van der Waals surface area (Å²) in [4.78, 5) is 0. The van der Waals surface area contributed by atoms with Crippen molar-refractivity contribution in [2.75, 3.05) is 6.61 Å². The molecule has 0 saturated heterocycles. The second-order valence-corrected chi connectivity index (χ2v) is 10.5. The molecule has 4 atom stereocenters. The Morgan fingerprint density at radius 2 is 1.37 bits per heavy atom. The van der Waals surface area contributed by atoms with Gasteiger partial charge < -0.3 is 4.74 Å². The number of alkyl halides is 1. The summed E-state index contributed by atoms with van der Waals surface area (Å²) in [6.07, 6.45) is 19.8. The van der Waals surface area contributed by atoms with Crippen LogP contribution in [0.5, 0.6) is 0 Å². The minimum atomic E-state index is -1.57. The fraction of sp³-hybridized carbons (Fsp3) is 0.778. The average Bonchev–Trinajstić information content (AvgIpc) is 2.78. The fourth-order valence-corrected chi connectivity index (χ4v) is 6.69. The van der Waals surface area contributed by atoms with Crippen molar-refractivity contribution < 1.29 is 13.5 Å². The molecule has 4 unspecified atom stereocenters. The number of halogens is 2. The Bertz CT molecular complexity index is 650. The molecule has 0 heterocycles. The molecule has 0 N–H and O–H groups in total. The van der Waals surface area contributed by atoms with Crippen LogP contribution in [0, 0.1) is 41.4 Å². The normalized spacial score (nSPS) is 42.4. The first kappa shape index (κ1) is 22.1. The maximum absolute atomic E-state index is 14.7. The second kappa shape index (κ2) is 10.0. The van der Waals surface area contributed by atoms with Crippen molar-refractivity contribution in [3.05, 3.63) is 35.9 Å². The van der Waals surface area contributed by atoms with E-state index < -0.39 is 17.9 Å². The molecule has 0 amide bonds. The van der Waals surface area contributed by atoms with Gasteiger partial charge in [-0.2, -0.15) is 0 Å². The van der Waals surface area contributed by atoms with E-state index in [0.29, 0.717) is 12.5 Å². The van der Waals surface area contributed by atoms with Gasteiger partial charge in [-0.3, -0.25) is 0 Å². The third-order valence-corrected chi connectivity index (χ3v) is 8.67. The van der Waals surface area contributed by atoms with Crippen molar-refractivity contribution in [2.45, 2.75) is 84.2 Å². The predicted octanol–water partition coefficient (Wildman–Crippen LogP) is 7.94. The van der Waals surface area contributed by atoms with E-state index in [9.17, 15) is 8.78 Å². The molecule has 0 radical (unpaired) electrons. The van der Waals surface area contributed by atoms with Gasteiger partial charge in [0.25, 0.3) is 0 Å². The van der Waals surface area contributed by atoms with E-state index in [4.69, 9.17) is 4.74 Å². The van der Waals surface area contributed by atoms with Gasteiger partial charge in [0.05, 0.1) is 6.61 Å². The van der Waals surface area contributed by atoms with Gasteiger partial charge in [0.15, 0.2) is 17.8 Å². The summed E-state index contributed by atoms with van der Waals surface area (Å²) in [5.41, 5.74) is 0. The molecular formula is C27H40F2O. The zero-order valence-electron chi connectivity index (χ0n) is 18.9. The third-order valence-electron chi connectivity index (χ3n) is 8.67. The molecule has 168 valence electrons. The summed E-state index contributed by atoms with van der Waals surface area (Å²) < 4.78 is 34.2. The van der Waals surface area contributed by atoms with Crippen LogP contribution >= 0.6 is 0 Å². The zero-order chi connectivity index (χ0) is 21.1. The van der Waals surface area contributed by atoms with E-state index in [-0.39, 0.29) is 11.7 Å². The first-order chi connectivity index (χ1) is 14.6. The van der Waals surface area contributed by atoms with Gasteiger partial charge in [0, 0.05) is 5.92 Å². The second-order valence-electron chi connectivity index (χ2n) is 10.5. The van der Waals surface area contributed by atoms with E-state index >= 15 is 0 Å². The molecular weight excluding hydrogens is 378 g/mol. The van der Waals surface area contributed by atoms with Crippen molar-refractivity contribution in [1.82, 2.24) is 0 Å². The number of allylic oxidation sites excluding steroid dienone is 5. The molecule has 30 heavy (non-hydrogen) atoms. The number of ether oxygens (including phenoxy) is 1. The summed E-state index contributed by atoms with van der Waals surface area (Å²) in [5.74, 6) is 3.37. The lowest BCUT2D eigenvalue weighted by atomic mass is 9.65. The van der Waals surface area contributed by atoms with Crippen LogP contribution in [-0.4, -0.2) is 12.8 Å². The Balaban J connectivity index is 1.27. The SMILES string of the molecule is CCOC1=C(F)C(F)C(C2C=CC(C3CCC(C4CCC(C)CC4)CC3)CC2)C=C1. The van der Waals surface area contributed by atoms with Crippen LogP contribution in [-0.2, 0) is 4.74 Å².